The van der Waals surface area contributed by atoms with Gasteiger partial charge in [-0.15, -0.1) is 0 Å². The highest BCUT2D eigenvalue weighted by Gasteiger charge is 2.31. The van der Waals surface area contributed by atoms with Crippen molar-refractivity contribution in [3.05, 3.63) is 65.0 Å². The molecule has 3 rings (SSSR count). The lowest BCUT2D eigenvalue weighted by Gasteiger charge is -2.36. The van der Waals surface area contributed by atoms with Crippen LogP contribution in [0.3, 0.4) is 0 Å². The van der Waals surface area contributed by atoms with Gasteiger partial charge in [0.1, 0.15) is 0 Å². The minimum atomic E-state index is -0.983. The number of ether oxygens (including phenoxy) is 1. The molecule has 1 saturated carbocycles. The van der Waals surface area contributed by atoms with Crippen LogP contribution < -0.4 is 15.4 Å². The molecule has 0 unspecified atom stereocenters. The molecule has 7 heteroatoms. The normalized spacial score (nSPS) is 18.3. The number of methoxy groups -OCH3 is 1. The third-order valence-corrected chi connectivity index (χ3v) is 4.77. The summed E-state index contributed by atoms with van der Waals surface area (Å²) >= 11 is 0. The van der Waals surface area contributed by atoms with E-state index in [4.69, 9.17) is 9.84 Å². The molecule has 3 N–H and O–H groups in total. The lowest BCUT2D eigenvalue weighted by atomic mass is 9.76. The fourth-order valence-corrected chi connectivity index (χ4v) is 3.13. The van der Waals surface area contributed by atoms with Crippen LogP contribution in [0.4, 0.5) is 9.18 Å². The van der Waals surface area contributed by atoms with Crippen molar-refractivity contribution in [2.75, 3.05) is 7.11 Å². The Bertz CT molecular complexity index is 832. The van der Waals surface area contributed by atoms with Gasteiger partial charge in [0.15, 0.2) is 11.6 Å². The summed E-state index contributed by atoms with van der Waals surface area (Å²) in [6, 6.07) is 11.1. The van der Waals surface area contributed by atoms with Crippen molar-refractivity contribution in [2.24, 2.45) is 0 Å². The maximum atomic E-state index is 13.8. The molecule has 0 atom stereocenters. The van der Waals surface area contributed by atoms with Crippen LogP contribution in [0.25, 0.3) is 0 Å². The van der Waals surface area contributed by atoms with Crippen molar-refractivity contribution in [3.8, 4) is 5.75 Å². The smallest absolute Gasteiger partial charge is 0.335 e. The summed E-state index contributed by atoms with van der Waals surface area (Å²) in [5.41, 5.74) is 1.93. The van der Waals surface area contributed by atoms with Gasteiger partial charge in [0.05, 0.1) is 12.7 Å². The van der Waals surface area contributed by atoms with Gasteiger partial charge in [-0.25, -0.2) is 14.0 Å². The van der Waals surface area contributed by atoms with E-state index in [-0.39, 0.29) is 35.1 Å². The van der Waals surface area contributed by atoms with E-state index < -0.39 is 5.97 Å². The summed E-state index contributed by atoms with van der Waals surface area (Å²) in [6.07, 6.45) is 1.51. The minimum absolute atomic E-state index is 0.0505. The maximum Gasteiger partial charge on any atom is 0.335 e. The molecule has 1 aliphatic rings. The Labute approximate surface area is 156 Å². The number of carboxylic acids is 1. The highest BCUT2D eigenvalue weighted by atomic mass is 19.1. The highest BCUT2D eigenvalue weighted by molar-refractivity contribution is 5.87. The third kappa shape index (κ3) is 4.55. The number of carbonyl (C=O) groups is 2. The average Bonchev–Trinajstić information content (AvgIpc) is 2.63. The van der Waals surface area contributed by atoms with Gasteiger partial charge >= 0.3 is 12.0 Å². The molecule has 0 aromatic heterocycles. The summed E-state index contributed by atoms with van der Waals surface area (Å²) in [5.74, 6) is -0.913. The van der Waals surface area contributed by atoms with Gasteiger partial charge in [0, 0.05) is 12.6 Å². The third-order valence-electron chi connectivity index (χ3n) is 4.77. The molecule has 0 saturated heterocycles. The number of carbonyl (C=O) groups excluding carboxylic acids is 1. The van der Waals surface area contributed by atoms with Crippen LogP contribution in [-0.4, -0.2) is 30.3 Å². The van der Waals surface area contributed by atoms with Gasteiger partial charge in [-0.05, 0) is 54.2 Å². The molecule has 27 heavy (non-hydrogen) atoms. The van der Waals surface area contributed by atoms with Crippen LogP contribution in [0.15, 0.2) is 42.5 Å². The van der Waals surface area contributed by atoms with E-state index in [2.05, 4.69) is 10.6 Å². The standard InChI is InChI=1S/C20H21FN2O4/c1-27-18-7-6-14(10-17(18)21)15-8-16(9-15)23-20(26)22-11-12-2-4-13(5-3-12)19(24)25/h2-7,10,15-16H,8-9,11H2,1H3,(H,24,25)(H2,22,23,26). The molecule has 0 bridgehead atoms. The largest absolute Gasteiger partial charge is 0.494 e. The Hall–Kier alpha value is -3.09. The first-order valence-electron chi connectivity index (χ1n) is 8.66. The van der Waals surface area contributed by atoms with Crippen LogP contribution in [-0.2, 0) is 6.54 Å². The summed E-state index contributed by atoms with van der Waals surface area (Å²) < 4.78 is 18.7. The number of urea groups is 1. The number of benzene rings is 2. The van der Waals surface area contributed by atoms with E-state index >= 15 is 0 Å². The number of aromatic carboxylic acids is 1. The number of halogens is 1. The van der Waals surface area contributed by atoms with Gasteiger partial charge in [0.2, 0.25) is 0 Å². The SMILES string of the molecule is COc1ccc(C2CC(NC(=O)NCc3ccc(C(=O)O)cc3)C2)cc1F. The molecule has 142 valence electrons. The molecule has 1 aliphatic carbocycles. The summed E-state index contributed by atoms with van der Waals surface area (Å²) in [5, 5.41) is 14.5. The Morgan fingerprint density at radius 2 is 1.89 bits per heavy atom. The van der Waals surface area contributed by atoms with E-state index in [1.807, 2.05) is 6.07 Å². The van der Waals surface area contributed by atoms with Crippen LogP contribution in [0.1, 0.15) is 40.2 Å². The second-order valence-corrected chi connectivity index (χ2v) is 6.59. The van der Waals surface area contributed by atoms with E-state index in [1.165, 1.54) is 25.3 Å². The zero-order chi connectivity index (χ0) is 19.4. The Kier molecular flexibility index (Phi) is 5.59. The van der Waals surface area contributed by atoms with E-state index in [1.54, 1.807) is 18.2 Å². The first-order chi connectivity index (χ1) is 13.0. The molecule has 0 heterocycles. The van der Waals surface area contributed by atoms with Crippen LogP contribution in [0, 0.1) is 5.82 Å². The summed E-state index contributed by atoms with van der Waals surface area (Å²) in [4.78, 5) is 22.8. The molecule has 2 aromatic carbocycles. The first-order valence-corrected chi connectivity index (χ1v) is 8.66. The Balaban J connectivity index is 1.42. The fourth-order valence-electron chi connectivity index (χ4n) is 3.13. The zero-order valence-corrected chi connectivity index (χ0v) is 14.9. The lowest BCUT2D eigenvalue weighted by molar-refractivity contribution is 0.0697. The fraction of sp³-hybridized carbons (Fsp3) is 0.300. The van der Waals surface area contributed by atoms with Crippen molar-refractivity contribution in [2.45, 2.75) is 31.3 Å². The molecule has 6 nitrogen and oxygen atoms in total. The van der Waals surface area contributed by atoms with Gasteiger partial charge in [0.25, 0.3) is 0 Å². The molecule has 0 spiro atoms. The topological polar surface area (TPSA) is 87.7 Å². The van der Waals surface area contributed by atoms with Gasteiger partial charge in [-0.2, -0.15) is 0 Å². The van der Waals surface area contributed by atoms with Crippen molar-refractivity contribution < 1.29 is 23.8 Å². The molecule has 1 fully saturated rings. The monoisotopic (exact) mass is 372 g/mol. The van der Waals surface area contributed by atoms with Crippen molar-refractivity contribution in [1.29, 1.82) is 0 Å². The van der Waals surface area contributed by atoms with E-state index in [0.717, 1.165) is 24.0 Å². The van der Waals surface area contributed by atoms with Crippen LogP contribution >= 0.6 is 0 Å². The van der Waals surface area contributed by atoms with Gasteiger partial charge in [-0.3, -0.25) is 0 Å². The Morgan fingerprint density at radius 3 is 2.48 bits per heavy atom. The lowest BCUT2D eigenvalue weighted by Crippen LogP contribution is -2.47. The number of rotatable bonds is 6. The molecule has 2 amide bonds. The maximum absolute atomic E-state index is 13.8. The van der Waals surface area contributed by atoms with Crippen molar-refractivity contribution in [1.82, 2.24) is 10.6 Å². The number of hydrogen-bond acceptors (Lipinski definition) is 3. The summed E-state index contributed by atoms with van der Waals surface area (Å²) in [6.45, 7) is 0.311. The van der Waals surface area contributed by atoms with Gasteiger partial charge < -0.3 is 20.5 Å². The molecular weight excluding hydrogens is 351 g/mol. The van der Waals surface area contributed by atoms with E-state index in [9.17, 15) is 14.0 Å². The molecule has 0 aliphatic heterocycles. The number of hydrogen-bond donors (Lipinski definition) is 3. The van der Waals surface area contributed by atoms with E-state index in [0.29, 0.717) is 6.54 Å². The second kappa shape index (κ2) is 8.07. The predicted octanol–water partition coefficient (Wildman–Crippen LogP) is 3.28. The molecule has 2 aromatic rings. The molecular formula is C20H21FN2O4. The quantitative estimate of drug-likeness (QED) is 0.726. The predicted molar refractivity (Wildman–Crippen MR) is 97.5 cm³/mol. The average molecular weight is 372 g/mol. The minimum Gasteiger partial charge on any atom is -0.494 e. The number of carboxylic acid groups (broad SMARTS) is 1. The first kappa shape index (κ1) is 18.7. The number of nitrogens with one attached hydrogen (secondary N) is 2. The van der Waals surface area contributed by atoms with Crippen LogP contribution in [0.5, 0.6) is 5.75 Å². The van der Waals surface area contributed by atoms with Crippen molar-refractivity contribution in [3.63, 3.8) is 0 Å². The summed E-state index contributed by atoms with van der Waals surface area (Å²) in [7, 11) is 1.43. The highest BCUT2D eigenvalue weighted by Crippen LogP contribution is 2.38. The van der Waals surface area contributed by atoms with Gasteiger partial charge in [-0.1, -0.05) is 18.2 Å². The van der Waals surface area contributed by atoms with Crippen molar-refractivity contribution >= 4 is 12.0 Å². The zero-order valence-electron chi connectivity index (χ0n) is 14.9. The van der Waals surface area contributed by atoms with Crippen LogP contribution in [0.2, 0.25) is 0 Å². The number of amides is 2. The Morgan fingerprint density at radius 1 is 1.19 bits per heavy atom. The molecule has 0 radical (unpaired) electrons. The second-order valence-electron chi connectivity index (χ2n) is 6.59.